The zero-order valence-electron chi connectivity index (χ0n) is 8.90. The Balaban J connectivity index is 2.52. The summed E-state index contributed by atoms with van der Waals surface area (Å²) >= 11 is 0. The Labute approximate surface area is 88.6 Å². The van der Waals surface area contributed by atoms with E-state index in [2.05, 4.69) is 15.3 Å². The van der Waals surface area contributed by atoms with Gasteiger partial charge in [0.15, 0.2) is 0 Å². The first-order chi connectivity index (χ1) is 6.99. The molecule has 5 nitrogen and oxygen atoms in total. The molecule has 1 rings (SSSR count). The van der Waals surface area contributed by atoms with Gasteiger partial charge >= 0.3 is 5.97 Å². The number of aromatic nitrogens is 2. The van der Waals surface area contributed by atoms with Crippen LogP contribution in [0.4, 0.5) is 5.82 Å². The van der Waals surface area contributed by atoms with Crippen molar-refractivity contribution in [3.8, 4) is 0 Å². The van der Waals surface area contributed by atoms with Gasteiger partial charge in [-0.05, 0) is 26.3 Å². The highest BCUT2D eigenvalue weighted by atomic mass is 16.4. The lowest BCUT2D eigenvalue weighted by molar-refractivity contribution is -0.137. The van der Waals surface area contributed by atoms with Crippen molar-refractivity contribution < 1.29 is 9.90 Å². The maximum atomic E-state index is 10.4. The molecule has 0 saturated carbocycles. The number of hydrogen-bond acceptors (Lipinski definition) is 4. The number of anilines is 1. The van der Waals surface area contributed by atoms with E-state index in [1.807, 2.05) is 13.8 Å². The minimum Gasteiger partial charge on any atom is -0.481 e. The summed E-state index contributed by atoms with van der Waals surface area (Å²) in [4.78, 5) is 18.3. The molecule has 0 radical (unpaired) electrons. The zero-order chi connectivity index (χ0) is 11.3. The summed E-state index contributed by atoms with van der Waals surface area (Å²) in [6, 6.07) is 1.75. The third kappa shape index (κ3) is 4.39. The molecule has 0 saturated heterocycles. The predicted octanol–water partition coefficient (Wildman–Crippen LogP) is 1.53. The number of hydrogen-bond donors (Lipinski definition) is 2. The van der Waals surface area contributed by atoms with Crippen molar-refractivity contribution in [2.24, 2.45) is 0 Å². The highest BCUT2D eigenvalue weighted by Gasteiger charge is 2.18. The highest BCUT2D eigenvalue weighted by molar-refractivity contribution is 5.66. The Morgan fingerprint density at radius 3 is 2.87 bits per heavy atom. The summed E-state index contributed by atoms with van der Waals surface area (Å²) in [5.74, 6) is -0.0760. The van der Waals surface area contributed by atoms with Gasteiger partial charge in [-0.1, -0.05) is 0 Å². The molecule has 15 heavy (non-hydrogen) atoms. The average molecular weight is 209 g/mol. The second-order valence-corrected chi connectivity index (χ2v) is 4.00. The Morgan fingerprint density at radius 2 is 2.33 bits per heavy atom. The van der Waals surface area contributed by atoms with Gasteiger partial charge in [-0.15, -0.1) is 0 Å². The molecule has 1 heterocycles. The summed E-state index contributed by atoms with van der Waals surface area (Å²) in [5.41, 5.74) is -0.285. The van der Waals surface area contributed by atoms with Crippen molar-refractivity contribution in [3.63, 3.8) is 0 Å². The van der Waals surface area contributed by atoms with Crippen molar-refractivity contribution in [1.82, 2.24) is 9.97 Å². The Bertz CT molecular complexity index is 325. The summed E-state index contributed by atoms with van der Waals surface area (Å²) in [7, 11) is 0. The van der Waals surface area contributed by atoms with Crippen LogP contribution < -0.4 is 5.32 Å². The maximum absolute atomic E-state index is 10.4. The van der Waals surface area contributed by atoms with E-state index in [0.717, 1.165) is 0 Å². The molecular weight excluding hydrogens is 194 g/mol. The van der Waals surface area contributed by atoms with Crippen LogP contribution in [0.5, 0.6) is 0 Å². The average Bonchev–Trinajstić information content (AvgIpc) is 2.16. The number of nitrogens with zero attached hydrogens (tertiary/aromatic N) is 2. The van der Waals surface area contributed by atoms with E-state index in [4.69, 9.17) is 5.11 Å². The number of aliphatic carboxylic acids is 1. The van der Waals surface area contributed by atoms with Crippen molar-refractivity contribution in [3.05, 3.63) is 18.6 Å². The van der Waals surface area contributed by atoms with Gasteiger partial charge in [-0.25, -0.2) is 9.97 Å². The normalized spacial score (nSPS) is 11.1. The van der Waals surface area contributed by atoms with E-state index in [0.29, 0.717) is 12.2 Å². The van der Waals surface area contributed by atoms with E-state index < -0.39 is 5.97 Å². The standard InChI is InChI=1S/C10H15N3O2/c1-10(2,5-3-9(14)15)13-8-4-6-11-7-12-8/h4,6-7H,3,5H2,1-2H3,(H,14,15)(H,11,12,13). The molecule has 0 aliphatic rings. The molecule has 0 aliphatic heterocycles. The Kier molecular flexibility index (Phi) is 3.60. The molecular formula is C10H15N3O2. The number of carboxylic acid groups (broad SMARTS) is 1. The van der Waals surface area contributed by atoms with Gasteiger partial charge in [0, 0.05) is 18.2 Å². The van der Waals surface area contributed by atoms with Crippen molar-refractivity contribution in [1.29, 1.82) is 0 Å². The van der Waals surface area contributed by atoms with Crippen LogP contribution in [0, 0.1) is 0 Å². The fourth-order valence-electron chi connectivity index (χ4n) is 1.19. The monoisotopic (exact) mass is 209 g/mol. The molecule has 0 atom stereocenters. The summed E-state index contributed by atoms with van der Waals surface area (Å²) < 4.78 is 0. The van der Waals surface area contributed by atoms with Gasteiger partial charge in [0.25, 0.3) is 0 Å². The van der Waals surface area contributed by atoms with E-state index >= 15 is 0 Å². The van der Waals surface area contributed by atoms with E-state index in [-0.39, 0.29) is 12.0 Å². The van der Waals surface area contributed by atoms with Gasteiger partial charge < -0.3 is 10.4 Å². The molecule has 5 heteroatoms. The quantitative estimate of drug-likeness (QED) is 0.769. The molecule has 0 aromatic carbocycles. The molecule has 0 amide bonds. The third-order valence-electron chi connectivity index (χ3n) is 2.01. The fourth-order valence-corrected chi connectivity index (χ4v) is 1.19. The first-order valence-corrected chi connectivity index (χ1v) is 4.76. The van der Waals surface area contributed by atoms with E-state index in [9.17, 15) is 4.79 Å². The molecule has 0 fully saturated rings. The van der Waals surface area contributed by atoms with Gasteiger partial charge in [0.2, 0.25) is 0 Å². The molecule has 82 valence electrons. The topological polar surface area (TPSA) is 75.1 Å². The smallest absolute Gasteiger partial charge is 0.303 e. The fraction of sp³-hybridized carbons (Fsp3) is 0.500. The van der Waals surface area contributed by atoms with Crippen molar-refractivity contribution in [2.75, 3.05) is 5.32 Å². The predicted molar refractivity (Wildman–Crippen MR) is 56.6 cm³/mol. The number of nitrogens with one attached hydrogen (secondary N) is 1. The number of carbonyl (C=O) groups is 1. The lowest BCUT2D eigenvalue weighted by atomic mass is 9.98. The van der Waals surface area contributed by atoms with Crippen LogP contribution in [0.25, 0.3) is 0 Å². The van der Waals surface area contributed by atoms with Crippen molar-refractivity contribution in [2.45, 2.75) is 32.2 Å². The van der Waals surface area contributed by atoms with Crippen LogP contribution in [-0.4, -0.2) is 26.6 Å². The molecule has 1 aromatic rings. The first-order valence-electron chi connectivity index (χ1n) is 4.76. The lowest BCUT2D eigenvalue weighted by Crippen LogP contribution is -2.31. The lowest BCUT2D eigenvalue weighted by Gasteiger charge is -2.26. The van der Waals surface area contributed by atoms with Crippen LogP contribution in [0.1, 0.15) is 26.7 Å². The van der Waals surface area contributed by atoms with Crippen LogP contribution in [0.3, 0.4) is 0 Å². The SMILES string of the molecule is CC(C)(CCC(=O)O)Nc1ccncn1. The van der Waals surface area contributed by atoms with Crippen LogP contribution in [0.15, 0.2) is 18.6 Å². The van der Waals surface area contributed by atoms with E-state index in [1.165, 1.54) is 6.33 Å². The van der Waals surface area contributed by atoms with Gasteiger partial charge in [0.05, 0.1) is 0 Å². The van der Waals surface area contributed by atoms with Crippen LogP contribution >= 0.6 is 0 Å². The Morgan fingerprint density at radius 1 is 1.60 bits per heavy atom. The van der Waals surface area contributed by atoms with Gasteiger partial charge in [-0.3, -0.25) is 4.79 Å². The second-order valence-electron chi connectivity index (χ2n) is 4.00. The maximum Gasteiger partial charge on any atom is 0.303 e. The summed E-state index contributed by atoms with van der Waals surface area (Å²) in [6.07, 6.45) is 3.79. The molecule has 0 bridgehead atoms. The second kappa shape index (κ2) is 4.72. The minimum atomic E-state index is -0.785. The van der Waals surface area contributed by atoms with Crippen molar-refractivity contribution >= 4 is 11.8 Å². The summed E-state index contributed by atoms with van der Waals surface area (Å²) in [6.45, 7) is 3.89. The third-order valence-corrected chi connectivity index (χ3v) is 2.01. The largest absolute Gasteiger partial charge is 0.481 e. The number of rotatable bonds is 5. The van der Waals surface area contributed by atoms with Gasteiger partial charge in [0.1, 0.15) is 12.1 Å². The molecule has 0 aliphatic carbocycles. The Hall–Kier alpha value is -1.65. The highest BCUT2D eigenvalue weighted by Crippen LogP contribution is 2.17. The minimum absolute atomic E-state index is 0.144. The van der Waals surface area contributed by atoms with Gasteiger partial charge in [-0.2, -0.15) is 0 Å². The molecule has 0 spiro atoms. The molecule has 1 aromatic heterocycles. The first kappa shape index (κ1) is 11.4. The van der Waals surface area contributed by atoms with Crippen LogP contribution in [0.2, 0.25) is 0 Å². The molecule has 2 N–H and O–H groups in total. The zero-order valence-corrected chi connectivity index (χ0v) is 8.90. The molecule has 0 unspecified atom stereocenters. The summed E-state index contributed by atoms with van der Waals surface area (Å²) in [5, 5.41) is 11.7. The van der Waals surface area contributed by atoms with Crippen LogP contribution in [-0.2, 0) is 4.79 Å². The number of carboxylic acids is 1. The van der Waals surface area contributed by atoms with E-state index in [1.54, 1.807) is 12.3 Å².